The molecule has 4 rings (SSSR count). The summed E-state index contributed by atoms with van der Waals surface area (Å²) in [5, 5.41) is 10.6. The van der Waals surface area contributed by atoms with Crippen molar-refractivity contribution in [2.45, 2.75) is 17.2 Å². The molecule has 0 aliphatic heterocycles. The molecule has 2 N–H and O–H groups in total. The summed E-state index contributed by atoms with van der Waals surface area (Å²) in [6.45, 7) is 0.185. The Morgan fingerprint density at radius 3 is 2.57 bits per heavy atom. The smallest absolute Gasteiger partial charge is 0.287 e. The number of rotatable bonds is 6. The molecule has 0 radical (unpaired) electrons. The van der Waals surface area contributed by atoms with Gasteiger partial charge in [-0.3, -0.25) is 9.59 Å². The number of thioether (sulfide) groups is 1. The van der Waals surface area contributed by atoms with Crippen LogP contribution in [0.4, 0.5) is 0 Å². The summed E-state index contributed by atoms with van der Waals surface area (Å²) in [5.41, 5.74) is 0.340. The molecule has 2 aromatic heterocycles. The number of fused-ring (bicyclic) bond motifs is 1. The average Bonchev–Trinajstić information content (AvgIpc) is 3.22. The van der Waals surface area contributed by atoms with E-state index in [0.717, 1.165) is 10.7 Å². The molecule has 2 heterocycles. The van der Waals surface area contributed by atoms with Gasteiger partial charge in [0.05, 0.1) is 23.4 Å². The highest BCUT2D eigenvalue weighted by Crippen LogP contribution is 2.23. The minimum atomic E-state index is -0.326. The van der Waals surface area contributed by atoms with Crippen molar-refractivity contribution in [1.82, 2.24) is 15.5 Å². The third kappa shape index (κ3) is 3.99. The first-order chi connectivity index (χ1) is 13.7. The molecule has 0 saturated heterocycles. The van der Waals surface area contributed by atoms with E-state index in [-0.39, 0.29) is 23.8 Å². The number of hydrogen-bond donors (Lipinski definition) is 2. The van der Waals surface area contributed by atoms with Crippen molar-refractivity contribution in [3.63, 3.8) is 0 Å². The monoisotopic (exact) mass is 391 g/mol. The number of nitrogens with one attached hydrogen (secondary N) is 2. The van der Waals surface area contributed by atoms with Crippen LogP contribution in [0.3, 0.4) is 0 Å². The number of amides is 1. The Morgan fingerprint density at radius 1 is 1.00 bits per heavy atom. The fraction of sp³-hybridized carbons (Fsp3) is 0.0952. The Morgan fingerprint density at radius 2 is 1.75 bits per heavy atom. The van der Waals surface area contributed by atoms with E-state index in [9.17, 15) is 9.59 Å². The van der Waals surface area contributed by atoms with E-state index in [1.807, 2.05) is 42.5 Å². The third-order valence-electron chi connectivity index (χ3n) is 4.20. The van der Waals surface area contributed by atoms with E-state index in [0.29, 0.717) is 22.2 Å². The highest BCUT2D eigenvalue weighted by atomic mass is 32.2. The van der Waals surface area contributed by atoms with Crippen LogP contribution in [0.25, 0.3) is 10.8 Å². The number of carbonyl (C=O) groups is 1. The van der Waals surface area contributed by atoms with Gasteiger partial charge in [0.25, 0.3) is 11.5 Å². The van der Waals surface area contributed by atoms with Gasteiger partial charge in [0, 0.05) is 10.3 Å². The van der Waals surface area contributed by atoms with Crippen molar-refractivity contribution in [2.75, 3.05) is 0 Å². The summed E-state index contributed by atoms with van der Waals surface area (Å²) >= 11 is 1.64. The molecular formula is C21H17N3O3S. The zero-order valence-electron chi connectivity index (χ0n) is 14.8. The van der Waals surface area contributed by atoms with Gasteiger partial charge in [-0.1, -0.05) is 36.4 Å². The van der Waals surface area contributed by atoms with Crippen LogP contribution >= 0.6 is 11.8 Å². The van der Waals surface area contributed by atoms with Crippen LogP contribution < -0.4 is 10.9 Å². The van der Waals surface area contributed by atoms with E-state index in [1.165, 1.54) is 0 Å². The fourth-order valence-corrected chi connectivity index (χ4v) is 3.62. The molecule has 4 aromatic rings. The van der Waals surface area contributed by atoms with Gasteiger partial charge >= 0.3 is 0 Å². The number of aromatic amines is 1. The second-order valence-electron chi connectivity index (χ2n) is 6.10. The number of furan rings is 1. The number of H-pyrrole nitrogens is 1. The Balaban J connectivity index is 1.40. The van der Waals surface area contributed by atoms with Crippen LogP contribution in [0, 0.1) is 0 Å². The molecule has 7 heteroatoms. The van der Waals surface area contributed by atoms with Crippen LogP contribution in [0.5, 0.6) is 0 Å². The van der Waals surface area contributed by atoms with Crippen molar-refractivity contribution in [3.05, 3.63) is 94.3 Å². The molecule has 0 atom stereocenters. The number of benzene rings is 2. The SMILES string of the molecule is O=C(NCc1n[nH]c(=O)c2ccccc12)c1ccc(CSc2ccccc2)o1. The zero-order valence-corrected chi connectivity index (χ0v) is 15.7. The van der Waals surface area contributed by atoms with Crippen molar-refractivity contribution in [1.29, 1.82) is 0 Å². The van der Waals surface area contributed by atoms with Gasteiger partial charge in [-0.2, -0.15) is 5.10 Å². The van der Waals surface area contributed by atoms with E-state index in [4.69, 9.17) is 4.42 Å². The third-order valence-corrected chi connectivity index (χ3v) is 5.24. The quantitative estimate of drug-likeness (QED) is 0.489. The Kier molecular flexibility index (Phi) is 5.25. The molecule has 0 saturated carbocycles. The van der Waals surface area contributed by atoms with E-state index >= 15 is 0 Å². The number of carbonyl (C=O) groups excluding carboxylic acids is 1. The normalized spacial score (nSPS) is 10.9. The summed E-state index contributed by atoms with van der Waals surface area (Å²) in [5.74, 6) is 1.29. The highest BCUT2D eigenvalue weighted by molar-refractivity contribution is 7.98. The Hall–Kier alpha value is -3.32. The molecule has 6 nitrogen and oxygen atoms in total. The number of nitrogens with zero attached hydrogens (tertiary/aromatic N) is 1. The maximum Gasteiger partial charge on any atom is 0.287 e. The molecule has 140 valence electrons. The van der Waals surface area contributed by atoms with Crippen molar-refractivity contribution in [2.24, 2.45) is 0 Å². The lowest BCUT2D eigenvalue weighted by Crippen LogP contribution is -2.24. The average molecular weight is 391 g/mol. The van der Waals surface area contributed by atoms with Gasteiger partial charge in [0.1, 0.15) is 5.76 Å². The summed E-state index contributed by atoms with van der Waals surface area (Å²) in [6, 6.07) is 20.6. The second kappa shape index (κ2) is 8.14. The molecule has 0 fully saturated rings. The zero-order chi connectivity index (χ0) is 19.3. The molecule has 2 aromatic carbocycles. The standard InChI is InChI=1S/C21H17N3O3S/c25-20-17-9-5-4-8-16(17)18(23-24-20)12-22-21(26)19-11-10-14(27-19)13-28-15-6-2-1-3-7-15/h1-11H,12-13H2,(H,22,26)(H,24,25). The van der Waals surface area contributed by atoms with Crippen LogP contribution in [0.1, 0.15) is 22.0 Å². The summed E-state index contributed by atoms with van der Waals surface area (Å²) in [6.07, 6.45) is 0. The highest BCUT2D eigenvalue weighted by Gasteiger charge is 2.13. The largest absolute Gasteiger partial charge is 0.455 e. The van der Waals surface area contributed by atoms with Gasteiger partial charge in [-0.25, -0.2) is 5.10 Å². The van der Waals surface area contributed by atoms with Crippen LogP contribution in [0.15, 0.2) is 80.8 Å². The number of aromatic nitrogens is 2. The van der Waals surface area contributed by atoms with E-state index < -0.39 is 0 Å². The molecule has 1 amide bonds. The summed E-state index contributed by atoms with van der Waals surface area (Å²) in [4.78, 5) is 25.4. The Bertz CT molecular complexity index is 1170. The van der Waals surface area contributed by atoms with Crippen molar-refractivity contribution in [3.8, 4) is 0 Å². The molecule has 0 spiro atoms. The topological polar surface area (TPSA) is 88.0 Å². The van der Waals surface area contributed by atoms with Gasteiger partial charge in [-0.15, -0.1) is 11.8 Å². The first-order valence-corrected chi connectivity index (χ1v) is 9.70. The lowest BCUT2D eigenvalue weighted by Gasteiger charge is -2.06. The summed E-state index contributed by atoms with van der Waals surface area (Å²) in [7, 11) is 0. The minimum absolute atomic E-state index is 0.185. The van der Waals surface area contributed by atoms with Crippen LogP contribution in [-0.4, -0.2) is 16.1 Å². The predicted molar refractivity (Wildman–Crippen MR) is 108 cm³/mol. The second-order valence-corrected chi connectivity index (χ2v) is 7.14. The first-order valence-electron chi connectivity index (χ1n) is 8.72. The van der Waals surface area contributed by atoms with Crippen molar-refractivity contribution >= 4 is 28.4 Å². The van der Waals surface area contributed by atoms with E-state index in [1.54, 1.807) is 36.0 Å². The molecule has 0 aliphatic carbocycles. The molecular weight excluding hydrogens is 374 g/mol. The molecule has 0 bridgehead atoms. The van der Waals surface area contributed by atoms with Gasteiger partial charge < -0.3 is 9.73 Å². The predicted octanol–water partition coefficient (Wildman–Crippen LogP) is 3.74. The fourth-order valence-electron chi connectivity index (χ4n) is 2.81. The lowest BCUT2D eigenvalue weighted by atomic mass is 10.1. The van der Waals surface area contributed by atoms with Crippen molar-refractivity contribution < 1.29 is 9.21 Å². The minimum Gasteiger partial charge on any atom is -0.455 e. The maximum atomic E-state index is 12.4. The van der Waals surface area contributed by atoms with E-state index in [2.05, 4.69) is 15.5 Å². The molecule has 0 unspecified atom stereocenters. The van der Waals surface area contributed by atoms with Crippen LogP contribution in [-0.2, 0) is 12.3 Å². The van der Waals surface area contributed by atoms with Gasteiger partial charge in [-0.05, 0) is 30.3 Å². The summed E-state index contributed by atoms with van der Waals surface area (Å²) < 4.78 is 5.65. The van der Waals surface area contributed by atoms with Gasteiger partial charge in [0.2, 0.25) is 0 Å². The van der Waals surface area contributed by atoms with Gasteiger partial charge in [0.15, 0.2) is 5.76 Å². The molecule has 0 aliphatic rings. The Labute approximate surface area is 165 Å². The number of hydrogen-bond acceptors (Lipinski definition) is 5. The first kappa shape index (κ1) is 18.1. The lowest BCUT2D eigenvalue weighted by molar-refractivity contribution is 0.0921. The molecule has 28 heavy (non-hydrogen) atoms. The maximum absolute atomic E-state index is 12.4. The van der Waals surface area contributed by atoms with Crippen LogP contribution in [0.2, 0.25) is 0 Å².